The topological polar surface area (TPSA) is 29.1 Å². The fourth-order valence-electron chi connectivity index (χ4n) is 0.610. The van der Waals surface area contributed by atoms with E-state index in [0.29, 0.717) is 6.42 Å². The van der Waals surface area contributed by atoms with Crippen molar-refractivity contribution >= 4 is 28.5 Å². The highest BCUT2D eigenvalue weighted by atomic mass is 127. The summed E-state index contributed by atoms with van der Waals surface area (Å²) in [6.45, 7) is 2.85. The van der Waals surface area contributed by atoms with Gasteiger partial charge in [-0.15, -0.1) is 0 Å². The molecule has 0 aromatic rings. The van der Waals surface area contributed by atoms with Gasteiger partial charge in [0.05, 0.1) is 0 Å². The van der Waals surface area contributed by atoms with Crippen molar-refractivity contribution in [3.05, 3.63) is 0 Å². The molecule has 0 spiro atoms. The standard InChI is InChI=1S/C7H14INO/c1-2-4-7(10)9-6-3-5-8/h2-6H2,1H3,(H,9,10). The molecule has 0 saturated heterocycles. The Kier molecular flexibility index (Phi) is 7.45. The van der Waals surface area contributed by atoms with Crippen molar-refractivity contribution in [3.8, 4) is 0 Å². The van der Waals surface area contributed by atoms with Crippen LogP contribution < -0.4 is 5.32 Å². The lowest BCUT2D eigenvalue weighted by Crippen LogP contribution is -2.23. The molecule has 0 atom stereocenters. The largest absolute Gasteiger partial charge is 0.356 e. The van der Waals surface area contributed by atoms with Crippen molar-refractivity contribution in [3.63, 3.8) is 0 Å². The van der Waals surface area contributed by atoms with Crippen LogP contribution in [0.5, 0.6) is 0 Å². The highest BCUT2D eigenvalue weighted by Crippen LogP contribution is 1.88. The van der Waals surface area contributed by atoms with Gasteiger partial charge in [-0.2, -0.15) is 0 Å². The Balaban J connectivity index is 3.05. The van der Waals surface area contributed by atoms with Crippen molar-refractivity contribution in [1.82, 2.24) is 5.32 Å². The molecule has 1 N–H and O–H groups in total. The van der Waals surface area contributed by atoms with Crippen LogP contribution in [-0.4, -0.2) is 16.9 Å². The summed E-state index contributed by atoms with van der Waals surface area (Å²) in [5, 5.41) is 2.84. The van der Waals surface area contributed by atoms with Gasteiger partial charge >= 0.3 is 0 Å². The first-order chi connectivity index (χ1) is 4.81. The molecule has 0 bridgehead atoms. The van der Waals surface area contributed by atoms with Gasteiger partial charge in [0.1, 0.15) is 0 Å². The number of amides is 1. The maximum Gasteiger partial charge on any atom is 0.219 e. The fourth-order valence-corrected chi connectivity index (χ4v) is 0.991. The fraction of sp³-hybridized carbons (Fsp3) is 0.857. The molecule has 0 rings (SSSR count). The summed E-state index contributed by atoms with van der Waals surface area (Å²) in [6.07, 6.45) is 2.69. The van der Waals surface area contributed by atoms with Gasteiger partial charge < -0.3 is 5.32 Å². The Hall–Kier alpha value is 0.200. The molecule has 60 valence electrons. The molecular formula is C7H14INO. The van der Waals surface area contributed by atoms with Crippen LogP contribution in [0.25, 0.3) is 0 Å². The van der Waals surface area contributed by atoms with Crippen LogP contribution >= 0.6 is 22.6 Å². The third kappa shape index (κ3) is 6.32. The number of nitrogens with one attached hydrogen (secondary N) is 1. The van der Waals surface area contributed by atoms with E-state index in [-0.39, 0.29) is 5.91 Å². The summed E-state index contributed by atoms with van der Waals surface area (Å²) in [4.78, 5) is 10.8. The molecule has 0 aliphatic rings. The van der Waals surface area contributed by atoms with Crippen LogP contribution in [0.3, 0.4) is 0 Å². The van der Waals surface area contributed by atoms with E-state index in [1.807, 2.05) is 6.92 Å². The molecule has 0 heterocycles. The van der Waals surface area contributed by atoms with Crippen molar-refractivity contribution in [2.75, 3.05) is 11.0 Å². The molecular weight excluding hydrogens is 241 g/mol. The lowest BCUT2D eigenvalue weighted by atomic mass is 10.3. The Labute approximate surface area is 75.9 Å². The van der Waals surface area contributed by atoms with Crippen LogP contribution in [0.1, 0.15) is 26.2 Å². The molecule has 2 nitrogen and oxygen atoms in total. The summed E-state index contributed by atoms with van der Waals surface area (Å²) < 4.78 is 1.12. The maximum atomic E-state index is 10.8. The number of alkyl halides is 1. The van der Waals surface area contributed by atoms with Gasteiger partial charge in [-0.1, -0.05) is 29.5 Å². The highest BCUT2D eigenvalue weighted by molar-refractivity contribution is 14.1. The first kappa shape index (κ1) is 10.2. The van der Waals surface area contributed by atoms with Gasteiger partial charge in [-0.25, -0.2) is 0 Å². The van der Waals surface area contributed by atoms with E-state index in [9.17, 15) is 4.79 Å². The van der Waals surface area contributed by atoms with Crippen molar-refractivity contribution in [2.45, 2.75) is 26.2 Å². The summed E-state index contributed by atoms with van der Waals surface area (Å²) >= 11 is 2.30. The van der Waals surface area contributed by atoms with Crippen molar-refractivity contribution in [2.24, 2.45) is 0 Å². The maximum absolute atomic E-state index is 10.8. The van der Waals surface area contributed by atoms with E-state index in [1.165, 1.54) is 0 Å². The lowest BCUT2D eigenvalue weighted by Gasteiger charge is -2.00. The van der Waals surface area contributed by atoms with Gasteiger partial charge in [0.15, 0.2) is 0 Å². The van der Waals surface area contributed by atoms with Gasteiger partial charge in [0.2, 0.25) is 5.91 Å². The summed E-state index contributed by atoms with van der Waals surface area (Å²) in [5.74, 6) is 0.187. The highest BCUT2D eigenvalue weighted by Gasteiger charge is 1.95. The van der Waals surface area contributed by atoms with Crippen LogP contribution in [0, 0.1) is 0 Å². The van der Waals surface area contributed by atoms with Gasteiger partial charge in [-0.05, 0) is 12.8 Å². The first-order valence-corrected chi connectivity index (χ1v) is 5.16. The number of hydrogen-bond acceptors (Lipinski definition) is 1. The minimum Gasteiger partial charge on any atom is -0.356 e. The van der Waals surface area contributed by atoms with E-state index in [4.69, 9.17) is 0 Å². The second-order valence-corrected chi connectivity index (χ2v) is 3.22. The van der Waals surface area contributed by atoms with Crippen LogP contribution in [-0.2, 0) is 4.79 Å². The second kappa shape index (κ2) is 7.31. The first-order valence-electron chi connectivity index (χ1n) is 3.64. The van der Waals surface area contributed by atoms with Crippen LogP contribution in [0.15, 0.2) is 0 Å². The lowest BCUT2D eigenvalue weighted by molar-refractivity contribution is -0.121. The monoisotopic (exact) mass is 255 g/mol. The van der Waals surface area contributed by atoms with E-state index in [2.05, 4.69) is 27.9 Å². The summed E-state index contributed by atoms with van der Waals surface area (Å²) in [6, 6.07) is 0. The zero-order valence-electron chi connectivity index (χ0n) is 6.32. The molecule has 0 aliphatic carbocycles. The average molecular weight is 255 g/mol. The number of halogens is 1. The summed E-state index contributed by atoms with van der Waals surface area (Å²) in [7, 11) is 0. The number of rotatable bonds is 5. The van der Waals surface area contributed by atoms with Gasteiger partial charge in [-0.3, -0.25) is 4.79 Å². The molecule has 1 amide bonds. The minimum atomic E-state index is 0.187. The number of hydrogen-bond donors (Lipinski definition) is 1. The molecule has 0 aromatic heterocycles. The molecule has 3 heteroatoms. The minimum absolute atomic E-state index is 0.187. The van der Waals surface area contributed by atoms with E-state index in [0.717, 1.165) is 23.8 Å². The Bertz CT molecular complexity index is 95.6. The quantitative estimate of drug-likeness (QED) is 0.452. The van der Waals surface area contributed by atoms with E-state index < -0.39 is 0 Å². The Morgan fingerprint density at radius 3 is 2.80 bits per heavy atom. The van der Waals surface area contributed by atoms with E-state index >= 15 is 0 Å². The molecule has 0 fully saturated rings. The summed E-state index contributed by atoms with van der Waals surface area (Å²) in [5.41, 5.74) is 0. The molecule has 0 radical (unpaired) electrons. The number of carbonyl (C=O) groups is 1. The smallest absolute Gasteiger partial charge is 0.219 e. The Morgan fingerprint density at radius 1 is 1.60 bits per heavy atom. The van der Waals surface area contributed by atoms with Gasteiger partial charge in [0, 0.05) is 17.4 Å². The van der Waals surface area contributed by atoms with Crippen molar-refractivity contribution < 1.29 is 4.79 Å². The molecule has 0 aliphatic heterocycles. The van der Waals surface area contributed by atoms with Crippen LogP contribution in [0.2, 0.25) is 0 Å². The normalized spacial score (nSPS) is 9.40. The second-order valence-electron chi connectivity index (χ2n) is 2.14. The molecule has 0 unspecified atom stereocenters. The number of carbonyl (C=O) groups excluding carboxylic acids is 1. The van der Waals surface area contributed by atoms with E-state index in [1.54, 1.807) is 0 Å². The average Bonchev–Trinajstić information content (AvgIpc) is 1.89. The zero-order valence-corrected chi connectivity index (χ0v) is 8.48. The zero-order chi connectivity index (χ0) is 7.82. The van der Waals surface area contributed by atoms with Crippen molar-refractivity contribution in [1.29, 1.82) is 0 Å². The molecule has 0 aromatic carbocycles. The van der Waals surface area contributed by atoms with Crippen LogP contribution in [0.4, 0.5) is 0 Å². The third-order valence-electron chi connectivity index (χ3n) is 1.11. The Morgan fingerprint density at radius 2 is 2.30 bits per heavy atom. The molecule has 10 heavy (non-hydrogen) atoms. The third-order valence-corrected chi connectivity index (χ3v) is 1.87. The molecule has 0 saturated carbocycles. The SMILES string of the molecule is CCCC(=O)NCCCI. The predicted molar refractivity (Wildman–Crippen MR) is 51.4 cm³/mol. The predicted octanol–water partition coefficient (Wildman–Crippen LogP) is 1.73. The van der Waals surface area contributed by atoms with Gasteiger partial charge in [0.25, 0.3) is 0 Å².